The smallest absolute Gasteiger partial charge is 0.145 e. The van der Waals surface area contributed by atoms with Crippen LogP contribution in [0.4, 0.5) is 0 Å². The fraction of sp³-hybridized carbons (Fsp3) is 0.250. The van der Waals surface area contributed by atoms with Crippen LogP contribution in [0, 0.1) is 0 Å². The quantitative estimate of drug-likeness (QED) is 0.547. The summed E-state index contributed by atoms with van der Waals surface area (Å²) in [5.74, 6) is 1.55. The summed E-state index contributed by atoms with van der Waals surface area (Å²) in [7, 11) is 1.62. The standard InChI is InChI=1S/C12H14O3/c1-10(9-13)7-8-15-12-5-3-11(14-2)4-6-12/h3-7,9H,8H2,1-2H3/b10-7+. The second kappa shape index (κ2) is 5.86. The van der Waals surface area contributed by atoms with Gasteiger partial charge in [-0.2, -0.15) is 0 Å². The summed E-state index contributed by atoms with van der Waals surface area (Å²) in [4.78, 5) is 10.3. The predicted octanol–water partition coefficient (Wildman–Crippen LogP) is 2.22. The minimum absolute atomic E-state index is 0.400. The summed E-state index contributed by atoms with van der Waals surface area (Å²) < 4.78 is 10.4. The maximum Gasteiger partial charge on any atom is 0.145 e. The summed E-state index contributed by atoms with van der Waals surface area (Å²) in [5.41, 5.74) is 0.670. The first kappa shape index (κ1) is 11.3. The molecule has 1 aromatic rings. The fourth-order valence-corrected chi connectivity index (χ4v) is 0.989. The van der Waals surface area contributed by atoms with Crippen LogP contribution in [0.5, 0.6) is 11.5 Å². The first-order chi connectivity index (χ1) is 7.26. The highest BCUT2D eigenvalue weighted by Gasteiger charge is 1.93. The highest BCUT2D eigenvalue weighted by atomic mass is 16.5. The molecule has 0 radical (unpaired) electrons. The van der Waals surface area contributed by atoms with Crippen LogP contribution in [0.1, 0.15) is 6.92 Å². The Labute approximate surface area is 89.3 Å². The SMILES string of the molecule is COc1ccc(OC/C=C(\C)C=O)cc1. The molecule has 0 amide bonds. The predicted molar refractivity (Wildman–Crippen MR) is 58.3 cm³/mol. The third-order valence-electron chi connectivity index (χ3n) is 1.90. The minimum atomic E-state index is 0.400. The Morgan fingerprint density at radius 1 is 1.27 bits per heavy atom. The van der Waals surface area contributed by atoms with E-state index in [0.29, 0.717) is 12.2 Å². The van der Waals surface area contributed by atoms with E-state index in [9.17, 15) is 4.79 Å². The lowest BCUT2D eigenvalue weighted by Gasteiger charge is -2.04. The Hall–Kier alpha value is -1.77. The Balaban J connectivity index is 2.47. The van der Waals surface area contributed by atoms with Crippen molar-refractivity contribution < 1.29 is 14.3 Å². The Bertz CT molecular complexity index is 338. The fourth-order valence-electron chi connectivity index (χ4n) is 0.989. The molecule has 80 valence electrons. The van der Waals surface area contributed by atoms with E-state index in [1.807, 2.05) is 24.3 Å². The van der Waals surface area contributed by atoms with Crippen molar-refractivity contribution in [1.29, 1.82) is 0 Å². The molecule has 0 aliphatic rings. The molecular weight excluding hydrogens is 192 g/mol. The maximum atomic E-state index is 10.3. The molecule has 0 saturated heterocycles. The van der Waals surface area contributed by atoms with E-state index >= 15 is 0 Å². The number of carbonyl (C=O) groups excluding carboxylic acids is 1. The Kier molecular flexibility index (Phi) is 4.41. The minimum Gasteiger partial charge on any atom is -0.497 e. The molecule has 0 heterocycles. The van der Waals surface area contributed by atoms with E-state index in [-0.39, 0.29) is 0 Å². The zero-order chi connectivity index (χ0) is 11.1. The first-order valence-corrected chi connectivity index (χ1v) is 4.65. The van der Waals surface area contributed by atoms with Gasteiger partial charge in [-0.05, 0) is 42.8 Å². The van der Waals surface area contributed by atoms with Crippen LogP contribution in [0.3, 0.4) is 0 Å². The van der Waals surface area contributed by atoms with Crippen molar-refractivity contribution in [2.45, 2.75) is 6.92 Å². The van der Waals surface area contributed by atoms with Crippen LogP contribution >= 0.6 is 0 Å². The molecule has 3 nitrogen and oxygen atoms in total. The van der Waals surface area contributed by atoms with Crippen molar-refractivity contribution in [3.63, 3.8) is 0 Å². The second-order valence-corrected chi connectivity index (χ2v) is 3.05. The number of aldehydes is 1. The van der Waals surface area contributed by atoms with Gasteiger partial charge in [0.05, 0.1) is 7.11 Å². The molecule has 0 N–H and O–H groups in total. The molecule has 1 rings (SSSR count). The van der Waals surface area contributed by atoms with Crippen LogP contribution in [0.15, 0.2) is 35.9 Å². The Morgan fingerprint density at radius 2 is 1.87 bits per heavy atom. The lowest BCUT2D eigenvalue weighted by molar-refractivity contribution is -0.104. The molecule has 0 unspecified atom stereocenters. The van der Waals surface area contributed by atoms with E-state index < -0.39 is 0 Å². The van der Waals surface area contributed by atoms with Gasteiger partial charge in [-0.15, -0.1) is 0 Å². The number of rotatable bonds is 5. The highest BCUT2D eigenvalue weighted by molar-refractivity contribution is 5.71. The van der Waals surface area contributed by atoms with Crippen molar-refractivity contribution in [1.82, 2.24) is 0 Å². The normalized spacial score (nSPS) is 10.9. The van der Waals surface area contributed by atoms with Gasteiger partial charge in [0.2, 0.25) is 0 Å². The van der Waals surface area contributed by atoms with Crippen LogP contribution in [-0.4, -0.2) is 20.0 Å². The van der Waals surface area contributed by atoms with Gasteiger partial charge >= 0.3 is 0 Å². The number of hydrogen-bond donors (Lipinski definition) is 0. The van der Waals surface area contributed by atoms with Crippen molar-refractivity contribution in [2.75, 3.05) is 13.7 Å². The number of methoxy groups -OCH3 is 1. The molecule has 0 bridgehead atoms. The largest absolute Gasteiger partial charge is 0.497 e. The van der Waals surface area contributed by atoms with Crippen molar-refractivity contribution in [3.8, 4) is 11.5 Å². The van der Waals surface area contributed by atoms with Gasteiger partial charge in [0.25, 0.3) is 0 Å². The van der Waals surface area contributed by atoms with Gasteiger partial charge < -0.3 is 9.47 Å². The lowest BCUT2D eigenvalue weighted by atomic mass is 10.3. The number of benzene rings is 1. The molecule has 1 aromatic carbocycles. The average molecular weight is 206 g/mol. The van der Waals surface area contributed by atoms with Gasteiger partial charge in [-0.1, -0.05) is 0 Å². The summed E-state index contributed by atoms with van der Waals surface area (Å²) in [6.07, 6.45) is 2.54. The number of carbonyl (C=O) groups is 1. The van der Waals surface area contributed by atoms with E-state index in [2.05, 4.69) is 0 Å². The van der Waals surface area contributed by atoms with Crippen molar-refractivity contribution in [3.05, 3.63) is 35.9 Å². The Morgan fingerprint density at radius 3 is 2.40 bits per heavy atom. The van der Waals surface area contributed by atoms with E-state index in [4.69, 9.17) is 9.47 Å². The third kappa shape index (κ3) is 3.85. The molecule has 0 saturated carbocycles. The second-order valence-electron chi connectivity index (χ2n) is 3.05. The van der Waals surface area contributed by atoms with Crippen LogP contribution in [0.2, 0.25) is 0 Å². The topological polar surface area (TPSA) is 35.5 Å². The molecule has 0 spiro atoms. The van der Waals surface area contributed by atoms with Crippen LogP contribution in [-0.2, 0) is 4.79 Å². The van der Waals surface area contributed by atoms with Crippen molar-refractivity contribution in [2.24, 2.45) is 0 Å². The lowest BCUT2D eigenvalue weighted by Crippen LogP contribution is -1.95. The number of hydrogen-bond acceptors (Lipinski definition) is 3. The van der Waals surface area contributed by atoms with Gasteiger partial charge in [0.15, 0.2) is 0 Å². The number of ether oxygens (including phenoxy) is 2. The average Bonchev–Trinajstić information content (AvgIpc) is 2.29. The zero-order valence-electron chi connectivity index (χ0n) is 8.90. The molecule has 0 atom stereocenters. The van der Waals surface area contributed by atoms with Crippen LogP contribution in [0.25, 0.3) is 0 Å². The highest BCUT2D eigenvalue weighted by Crippen LogP contribution is 2.16. The zero-order valence-corrected chi connectivity index (χ0v) is 8.90. The van der Waals surface area contributed by atoms with E-state index in [0.717, 1.165) is 17.8 Å². The van der Waals surface area contributed by atoms with Crippen LogP contribution < -0.4 is 9.47 Å². The molecule has 0 fully saturated rings. The molecule has 0 aliphatic heterocycles. The number of allylic oxidation sites excluding steroid dienone is 1. The van der Waals surface area contributed by atoms with Gasteiger partial charge in [-0.25, -0.2) is 0 Å². The summed E-state index contributed by atoms with van der Waals surface area (Å²) >= 11 is 0. The summed E-state index contributed by atoms with van der Waals surface area (Å²) in [6.45, 7) is 2.14. The molecule has 3 heteroatoms. The molecule has 0 aliphatic carbocycles. The molecule has 0 aromatic heterocycles. The maximum absolute atomic E-state index is 10.3. The van der Waals surface area contributed by atoms with Crippen molar-refractivity contribution >= 4 is 6.29 Å². The summed E-state index contributed by atoms with van der Waals surface area (Å²) in [5, 5.41) is 0. The molecule has 15 heavy (non-hydrogen) atoms. The summed E-state index contributed by atoms with van der Waals surface area (Å²) in [6, 6.07) is 7.29. The first-order valence-electron chi connectivity index (χ1n) is 4.65. The van der Waals surface area contributed by atoms with Gasteiger partial charge in [0.1, 0.15) is 24.4 Å². The van der Waals surface area contributed by atoms with Gasteiger partial charge in [-0.3, -0.25) is 4.79 Å². The third-order valence-corrected chi connectivity index (χ3v) is 1.90. The molecular formula is C12H14O3. The van der Waals surface area contributed by atoms with Gasteiger partial charge in [0, 0.05) is 0 Å². The van der Waals surface area contributed by atoms with E-state index in [1.54, 1.807) is 20.1 Å². The monoisotopic (exact) mass is 206 g/mol. The van der Waals surface area contributed by atoms with E-state index in [1.165, 1.54) is 0 Å².